The summed E-state index contributed by atoms with van der Waals surface area (Å²) in [6.07, 6.45) is 4.03. The first-order valence-electron chi connectivity index (χ1n) is 10.4. The Balaban J connectivity index is 1.66. The summed E-state index contributed by atoms with van der Waals surface area (Å²) >= 11 is 0. The van der Waals surface area contributed by atoms with Gasteiger partial charge in [0.25, 0.3) is 0 Å². The molecule has 0 bridgehead atoms. The van der Waals surface area contributed by atoms with Crippen LogP contribution in [0.25, 0.3) is 0 Å². The molecule has 2 unspecified atom stereocenters. The van der Waals surface area contributed by atoms with E-state index in [4.69, 9.17) is 4.74 Å². The standard InChI is InChI=1S/C25H24FN3O3/c1-32-21-10-8-20(9-11-21)29-23(30)13-12-22(24(29)18-4-6-19(26)7-5-18)25(31)28-16-17-3-2-14-27-15-17/h2-11,14-15,22,24H,12-13,16H2,1H3,(H,28,31). The average Bonchev–Trinajstić information content (AvgIpc) is 2.83. The summed E-state index contributed by atoms with van der Waals surface area (Å²) < 4.78 is 18.8. The number of nitrogens with zero attached hydrogens (tertiary/aromatic N) is 2. The number of methoxy groups -OCH3 is 1. The van der Waals surface area contributed by atoms with Crippen molar-refractivity contribution in [2.45, 2.75) is 25.4 Å². The molecule has 4 rings (SSSR count). The van der Waals surface area contributed by atoms with Gasteiger partial charge in [0, 0.05) is 31.0 Å². The number of benzene rings is 2. The highest BCUT2D eigenvalue weighted by atomic mass is 19.1. The van der Waals surface area contributed by atoms with Gasteiger partial charge in [-0.15, -0.1) is 0 Å². The van der Waals surface area contributed by atoms with Crippen LogP contribution >= 0.6 is 0 Å². The van der Waals surface area contributed by atoms with Crippen molar-refractivity contribution < 1.29 is 18.7 Å². The van der Waals surface area contributed by atoms with E-state index in [0.29, 0.717) is 30.0 Å². The van der Waals surface area contributed by atoms with Crippen molar-refractivity contribution in [2.75, 3.05) is 12.0 Å². The molecule has 0 spiro atoms. The third-order valence-corrected chi connectivity index (χ3v) is 5.69. The summed E-state index contributed by atoms with van der Waals surface area (Å²) in [5, 5.41) is 2.97. The topological polar surface area (TPSA) is 71.5 Å². The quantitative estimate of drug-likeness (QED) is 0.637. The van der Waals surface area contributed by atoms with E-state index < -0.39 is 12.0 Å². The average molecular weight is 433 g/mol. The summed E-state index contributed by atoms with van der Waals surface area (Å²) in [7, 11) is 1.57. The number of carbonyl (C=O) groups excluding carboxylic acids is 2. The number of hydrogen-bond acceptors (Lipinski definition) is 4. The Morgan fingerprint density at radius 2 is 1.91 bits per heavy atom. The number of carbonyl (C=O) groups is 2. The number of anilines is 1. The molecule has 1 fully saturated rings. The summed E-state index contributed by atoms with van der Waals surface area (Å²) in [5.74, 6) is -0.432. The molecule has 0 aliphatic carbocycles. The van der Waals surface area contributed by atoms with Crippen LogP contribution in [0, 0.1) is 11.7 Å². The first kappa shape index (κ1) is 21.5. The predicted molar refractivity (Wildman–Crippen MR) is 118 cm³/mol. The highest BCUT2D eigenvalue weighted by Gasteiger charge is 2.41. The van der Waals surface area contributed by atoms with E-state index >= 15 is 0 Å². The third-order valence-electron chi connectivity index (χ3n) is 5.69. The number of aromatic nitrogens is 1. The smallest absolute Gasteiger partial charge is 0.227 e. The third kappa shape index (κ3) is 4.61. The minimum Gasteiger partial charge on any atom is -0.497 e. The fourth-order valence-corrected chi connectivity index (χ4v) is 4.08. The summed E-state index contributed by atoms with van der Waals surface area (Å²) in [6, 6.07) is 16.3. The molecule has 1 aliphatic heterocycles. The minimum atomic E-state index is -0.556. The number of piperidine rings is 1. The van der Waals surface area contributed by atoms with E-state index in [0.717, 1.165) is 5.56 Å². The summed E-state index contributed by atoms with van der Waals surface area (Å²) in [6.45, 7) is 0.343. The molecular formula is C25H24FN3O3. The van der Waals surface area contributed by atoms with Crippen molar-refractivity contribution in [2.24, 2.45) is 5.92 Å². The minimum absolute atomic E-state index is 0.0826. The van der Waals surface area contributed by atoms with Crippen molar-refractivity contribution in [3.63, 3.8) is 0 Å². The largest absolute Gasteiger partial charge is 0.497 e. The van der Waals surface area contributed by atoms with Crippen LogP contribution in [0.1, 0.15) is 30.0 Å². The van der Waals surface area contributed by atoms with Gasteiger partial charge in [0.2, 0.25) is 11.8 Å². The van der Waals surface area contributed by atoms with E-state index in [-0.39, 0.29) is 24.1 Å². The van der Waals surface area contributed by atoms with Crippen LogP contribution in [0.4, 0.5) is 10.1 Å². The van der Waals surface area contributed by atoms with Gasteiger partial charge >= 0.3 is 0 Å². The second kappa shape index (κ2) is 9.60. The zero-order chi connectivity index (χ0) is 22.5. The number of hydrogen-bond donors (Lipinski definition) is 1. The van der Waals surface area contributed by atoms with Gasteiger partial charge in [0.05, 0.1) is 19.1 Å². The number of halogens is 1. The Morgan fingerprint density at radius 3 is 2.56 bits per heavy atom. The SMILES string of the molecule is COc1ccc(N2C(=O)CCC(C(=O)NCc3cccnc3)C2c2ccc(F)cc2)cc1. The molecule has 32 heavy (non-hydrogen) atoms. The molecule has 2 heterocycles. The molecule has 1 aromatic heterocycles. The maximum atomic E-state index is 13.6. The molecule has 164 valence electrons. The van der Waals surface area contributed by atoms with Crippen LogP contribution in [-0.4, -0.2) is 23.9 Å². The van der Waals surface area contributed by atoms with E-state index in [1.54, 1.807) is 60.8 Å². The molecule has 0 radical (unpaired) electrons. The molecule has 2 amide bonds. The van der Waals surface area contributed by atoms with E-state index in [9.17, 15) is 14.0 Å². The lowest BCUT2D eigenvalue weighted by Gasteiger charge is -2.41. The van der Waals surface area contributed by atoms with Crippen molar-refractivity contribution in [3.8, 4) is 5.75 Å². The van der Waals surface area contributed by atoms with Crippen LogP contribution in [0.2, 0.25) is 0 Å². The molecule has 1 aliphatic rings. The van der Waals surface area contributed by atoms with Crippen molar-refractivity contribution in [3.05, 3.63) is 90.0 Å². The lowest BCUT2D eigenvalue weighted by atomic mass is 9.83. The van der Waals surface area contributed by atoms with Gasteiger partial charge in [-0.2, -0.15) is 0 Å². The lowest BCUT2D eigenvalue weighted by Crippen LogP contribution is -2.48. The number of rotatable bonds is 6. The van der Waals surface area contributed by atoms with Crippen LogP contribution in [0.15, 0.2) is 73.1 Å². The predicted octanol–water partition coefficient (Wildman–Crippen LogP) is 4.03. The Hall–Kier alpha value is -3.74. The normalized spacial score (nSPS) is 18.3. The van der Waals surface area contributed by atoms with Gasteiger partial charge in [0.15, 0.2) is 0 Å². The van der Waals surface area contributed by atoms with Crippen molar-refractivity contribution >= 4 is 17.5 Å². The van der Waals surface area contributed by atoms with Gasteiger partial charge in [0.1, 0.15) is 11.6 Å². The number of amides is 2. The fraction of sp³-hybridized carbons (Fsp3) is 0.240. The Labute approximate surface area is 186 Å². The molecule has 1 N–H and O–H groups in total. The van der Waals surface area contributed by atoms with Crippen molar-refractivity contribution in [1.82, 2.24) is 10.3 Å². The summed E-state index contributed by atoms with van der Waals surface area (Å²) in [4.78, 5) is 32.0. The maximum Gasteiger partial charge on any atom is 0.227 e. The second-order valence-electron chi connectivity index (χ2n) is 7.68. The summed E-state index contributed by atoms with van der Waals surface area (Å²) in [5.41, 5.74) is 2.25. The van der Waals surface area contributed by atoms with Crippen LogP contribution in [0.5, 0.6) is 5.75 Å². The Kier molecular flexibility index (Phi) is 6.44. The van der Waals surface area contributed by atoms with Gasteiger partial charge in [-0.3, -0.25) is 14.6 Å². The zero-order valence-corrected chi connectivity index (χ0v) is 17.7. The zero-order valence-electron chi connectivity index (χ0n) is 17.7. The number of nitrogens with one attached hydrogen (secondary N) is 1. The Morgan fingerprint density at radius 1 is 1.16 bits per heavy atom. The van der Waals surface area contributed by atoms with Crippen LogP contribution in [-0.2, 0) is 16.1 Å². The van der Waals surface area contributed by atoms with E-state index in [1.165, 1.54) is 12.1 Å². The fourth-order valence-electron chi connectivity index (χ4n) is 4.08. The van der Waals surface area contributed by atoms with Gasteiger partial charge in [-0.1, -0.05) is 18.2 Å². The molecule has 0 saturated carbocycles. The van der Waals surface area contributed by atoms with Crippen LogP contribution < -0.4 is 15.0 Å². The van der Waals surface area contributed by atoms with Gasteiger partial charge < -0.3 is 15.0 Å². The molecule has 3 aromatic rings. The molecular weight excluding hydrogens is 409 g/mol. The van der Waals surface area contributed by atoms with Crippen LogP contribution in [0.3, 0.4) is 0 Å². The van der Waals surface area contributed by atoms with Crippen molar-refractivity contribution in [1.29, 1.82) is 0 Å². The molecule has 2 aromatic carbocycles. The first-order valence-corrected chi connectivity index (χ1v) is 10.4. The molecule has 1 saturated heterocycles. The van der Waals surface area contributed by atoms with E-state index in [2.05, 4.69) is 10.3 Å². The maximum absolute atomic E-state index is 13.6. The first-order chi connectivity index (χ1) is 15.6. The van der Waals surface area contributed by atoms with Gasteiger partial charge in [-0.25, -0.2) is 4.39 Å². The number of pyridine rings is 1. The monoisotopic (exact) mass is 433 g/mol. The molecule has 7 heteroatoms. The second-order valence-corrected chi connectivity index (χ2v) is 7.68. The lowest BCUT2D eigenvalue weighted by molar-refractivity contribution is -0.129. The molecule has 2 atom stereocenters. The van der Waals surface area contributed by atoms with Gasteiger partial charge in [-0.05, 0) is 60.0 Å². The highest BCUT2D eigenvalue weighted by Crippen LogP contribution is 2.40. The number of ether oxygens (including phenoxy) is 1. The van der Waals surface area contributed by atoms with E-state index in [1.807, 2.05) is 12.1 Å². The Bertz CT molecular complexity index is 1070. The molecule has 6 nitrogen and oxygen atoms in total. The highest BCUT2D eigenvalue weighted by molar-refractivity contribution is 5.97.